The van der Waals surface area contributed by atoms with Crippen LogP contribution < -0.4 is 5.32 Å². The average Bonchev–Trinajstić information content (AvgIpc) is 3.06. The largest absolute Gasteiger partial charge is 0.333 e. The first-order valence-electron chi connectivity index (χ1n) is 7.56. The van der Waals surface area contributed by atoms with Crippen LogP contribution in [0.25, 0.3) is 0 Å². The molecule has 0 fully saturated rings. The number of amides is 2. The van der Waals surface area contributed by atoms with Gasteiger partial charge in [-0.3, -0.25) is 0 Å². The van der Waals surface area contributed by atoms with E-state index >= 15 is 0 Å². The fourth-order valence-corrected chi connectivity index (χ4v) is 4.91. The molecule has 2 amide bonds. The summed E-state index contributed by atoms with van der Waals surface area (Å²) in [5, 5.41) is 3.62. The third-order valence-corrected chi connectivity index (χ3v) is 7.80. The molecule has 0 saturated heterocycles. The minimum atomic E-state index is -3.46. The van der Waals surface area contributed by atoms with Gasteiger partial charge in [-0.05, 0) is 23.8 Å². The maximum absolute atomic E-state index is 12.2. The standard InChI is InChI=1S/C16H19Cl2N3O3S2/c1-20(2)26(23,24)14-8-7-12(25-14)9-19-16(22)21(3)10-11-5-4-6-13(17)15(11)18/h4-8H,9-10H2,1-3H3,(H,19,22). The van der Waals surface area contributed by atoms with Crippen molar-refractivity contribution in [2.75, 3.05) is 21.1 Å². The summed E-state index contributed by atoms with van der Waals surface area (Å²) in [6.45, 7) is 0.538. The molecule has 0 bridgehead atoms. The van der Waals surface area contributed by atoms with E-state index < -0.39 is 10.0 Å². The second-order valence-corrected chi connectivity index (χ2v) is 10.1. The van der Waals surface area contributed by atoms with Crippen molar-refractivity contribution in [1.82, 2.24) is 14.5 Å². The number of halogens is 2. The van der Waals surface area contributed by atoms with Crippen molar-refractivity contribution in [3.8, 4) is 0 Å². The molecule has 0 aliphatic carbocycles. The Bertz CT molecular complexity index is 898. The van der Waals surface area contributed by atoms with Crippen molar-refractivity contribution in [3.05, 3.63) is 50.8 Å². The molecule has 0 atom stereocenters. The molecular formula is C16H19Cl2N3O3S2. The average molecular weight is 436 g/mol. The molecule has 10 heteroatoms. The number of nitrogens with zero attached hydrogens (tertiary/aromatic N) is 2. The SMILES string of the molecule is CN(Cc1cccc(Cl)c1Cl)C(=O)NCc1ccc(S(=O)(=O)N(C)C)s1. The third-order valence-electron chi connectivity index (χ3n) is 3.57. The van der Waals surface area contributed by atoms with E-state index in [1.807, 2.05) is 0 Å². The quantitative estimate of drug-likeness (QED) is 0.752. The first-order chi connectivity index (χ1) is 12.1. The highest BCUT2D eigenvalue weighted by atomic mass is 35.5. The zero-order valence-electron chi connectivity index (χ0n) is 14.5. The van der Waals surface area contributed by atoms with Gasteiger partial charge in [-0.1, -0.05) is 35.3 Å². The van der Waals surface area contributed by atoms with Crippen molar-refractivity contribution in [3.63, 3.8) is 0 Å². The van der Waals surface area contributed by atoms with E-state index in [4.69, 9.17) is 23.2 Å². The molecule has 0 unspecified atom stereocenters. The molecule has 1 N–H and O–H groups in total. The Balaban J connectivity index is 1.96. The molecular weight excluding hydrogens is 417 g/mol. The molecule has 142 valence electrons. The molecule has 0 spiro atoms. The maximum Gasteiger partial charge on any atom is 0.317 e. The zero-order valence-corrected chi connectivity index (χ0v) is 17.6. The zero-order chi connectivity index (χ0) is 19.5. The Labute approximate surface area is 167 Å². The van der Waals surface area contributed by atoms with Crippen LogP contribution in [0.1, 0.15) is 10.4 Å². The first-order valence-corrected chi connectivity index (χ1v) is 10.6. The fraction of sp³-hybridized carbons (Fsp3) is 0.312. The number of sulfonamides is 1. The van der Waals surface area contributed by atoms with Gasteiger partial charge in [0.15, 0.2) is 0 Å². The van der Waals surface area contributed by atoms with Crippen LogP contribution in [0.15, 0.2) is 34.5 Å². The molecule has 0 aliphatic rings. The van der Waals surface area contributed by atoms with Crippen LogP contribution in [0.5, 0.6) is 0 Å². The number of urea groups is 1. The van der Waals surface area contributed by atoms with Gasteiger partial charge < -0.3 is 10.2 Å². The summed E-state index contributed by atoms with van der Waals surface area (Å²) in [4.78, 5) is 14.5. The summed E-state index contributed by atoms with van der Waals surface area (Å²) in [6.07, 6.45) is 0. The van der Waals surface area contributed by atoms with Gasteiger partial charge in [0.1, 0.15) is 4.21 Å². The predicted molar refractivity (Wildman–Crippen MR) is 105 cm³/mol. The Hall–Kier alpha value is -1.32. The van der Waals surface area contributed by atoms with Crippen LogP contribution in [0.3, 0.4) is 0 Å². The van der Waals surface area contributed by atoms with Gasteiger partial charge in [0.2, 0.25) is 0 Å². The van der Waals surface area contributed by atoms with Crippen LogP contribution >= 0.6 is 34.5 Å². The summed E-state index contributed by atoms with van der Waals surface area (Å²) >= 11 is 13.2. The fourth-order valence-electron chi connectivity index (χ4n) is 2.07. The van der Waals surface area contributed by atoms with Crippen LogP contribution in [-0.4, -0.2) is 44.8 Å². The molecule has 26 heavy (non-hydrogen) atoms. The van der Waals surface area contributed by atoms with E-state index in [9.17, 15) is 13.2 Å². The number of hydrogen-bond donors (Lipinski definition) is 1. The summed E-state index contributed by atoms with van der Waals surface area (Å²) in [5.74, 6) is 0. The minimum Gasteiger partial charge on any atom is -0.333 e. The Kier molecular flexibility index (Phi) is 6.92. The van der Waals surface area contributed by atoms with Gasteiger partial charge >= 0.3 is 6.03 Å². The highest BCUT2D eigenvalue weighted by Gasteiger charge is 2.20. The first kappa shape index (κ1) is 21.0. The molecule has 1 aromatic heterocycles. The number of benzene rings is 1. The molecule has 1 aromatic carbocycles. The lowest BCUT2D eigenvalue weighted by atomic mass is 10.2. The summed E-state index contributed by atoms with van der Waals surface area (Å²) in [6, 6.07) is 8.19. The van der Waals surface area contributed by atoms with Crippen LogP contribution in [-0.2, 0) is 23.1 Å². The molecule has 2 rings (SSSR count). The van der Waals surface area contributed by atoms with Crippen molar-refractivity contribution < 1.29 is 13.2 Å². The number of nitrogens with one attached hydrogen (secondary N) is 1. The van der Waals surface area contributed by atoms with E-state index in [0.717, 1.165) is 26.1 Å². The Morgan fingerprint density at radius 2 is 1.85 bits per heavy atom. The molecule has 2 aromatic rings. The van der Waals surface area contributed by atoms with Crippen molar-refractivity contribution in [1.29, 1.82) is 0 Å². The van der Waals surface area contributed by atoms with Gasteiger partial charge in [0.05, 0.1) is 16.6 Å². The van der Waals surface area contributed by atoms with Gasteiger partial charge in [-0.15, -0.1) is 11.3 Å². The Morgan fingerprint density at radius 3 is 2.50 bits per heavy atom. The van der Waals surface area contributed by atoms with Crippen LogP contribution in [0.4, 0.5) is 4.79 Å². The molecule has 1 heterocycles. The molecule has 0 radical (unpaired) electrons. The van der Waals surface area contributed by atoms with E-state index in [2.05, 4.69) is 5.32 Å². The van der Waals surface area contributed by atoms with Crippen LogP contribution in [0, 0.1) is 0 Å². The summed E-state index contributed by atoms with van der Waals surface area (Å²) < 4.78 is 25.5. The number of thiophene rings is 1. The lowest BCUT2D eigenvalue weighted by Crippen LogP contribution is -2.36. The smallest absolute Gasteiger partial charge is 0.317 e. The highest BCUT2D eigenvalue weighted by Crippen LogP contribution is 2.26. The van der Waals surface area contributed by atoms with Crippen molar-refractivity contribution >= 4 is 50.6 Å². The number of rotatable bonds is 6. The summed E-state index contributed by atoms with van der Waals surface area (Å²) in [7, 11) is 1.14. The molecule has 6 nitrogen and oxygen atoms in total. The monoisotopic (exact) mass is 435 g/mol. The maximum atomic E-state index is 12.2. The minimum absolute atomic E-state index is 0.236. The predicted octanol–water partition coefficient (Wildman–Crippen LogP) is 3.65. The van der Waals surface area contributed by atoms with E-state index in [0.29, 0.717) is 16.6 Å². The molecule has 0 aliphatic heterocycles. The van der Waals surface area contributed by atoms with Crippen LogP contribution in [0.2, 0.25) is 10.0 Å². The van der Waals surface area contributed by atoms with Crippen molar-refractivity contribution in [2.45, 2.75) is 17.3 Å². The second kappa shape index (κ2) is 8.58. The number of carbonyl (C=O) groups excluding carboxylic acids is 1. The lowest BCUT2D eigenvalue weighted by molar-refractivity contribution is 0.206. The summed E-state index contributed by atoms with van der Waals surface area (Å²) in [5.41, 5.74) is 0.743. The van der Waals surface area contributed by atoms with E-state index in [1.54, 1.807) is 31.3 Å². The topological polar surface area (TPSA) is 69.7 Å². The highest BCUT2D eigenvalue weighted by molar-refractivity contribution is 7.91. The number of hydrogen-bond acceptors (Lipinski definition) is 4. The molecule has 0 saturated carbocycles. The third kappa shape index (κ3) is 4.89. The normalized spacial score (nSPS) is 11.6. The van der Waals surface area contributed by atoms with E-state index in [-0.39, 0.29) is 16.8 Å². The van der Waals surface area contributed by atoms with Gasteiger partial charge in [-0.2, -0.15) is 0 Å². The van der Waals surface area contributed by atoms with Crippen molar-refractivity contribution in [2.24, 2.45) is 0 Å². The number of carbonyl (C=O) groups is 1. The Morgan fingerprint density at radius 1 is 1.15 bits per heavy atom. The van der Waals surface area contributed by atoms with Gasteiger partial charge in [0.25, 0.3) is 10.0 Å². The van der Waals surface area contributed by atoms with E-state index in [1.165, 1.54) is 25.1 Å². The lowest BCUT2D eigenvalue weighted by Gasteiger charge is -2.18. The second-order valence-electron chi connectivity index (χ2n) is 5.74. The van der Waals surface area contributed by atoms with Gasteiger partial charge in [-0.25, -0.2) is 17.5 Å². The van der Waals surface area contributed by atoms with Gasteiger partial charge in [0, 0.05) is 32.6 Å².